The van der Waals surface area contributed by atoms with Crippen LogP contribution in [0.4, 0.5) is 0 Å². The molecule has 3 unspecified atom stereocenters. The zero-order chi connectivity index (χ0) is 11.1. The van der Waals surface area contributed by atoms with Crippen molar-refractivity contribution in [2.45, 2.75) is 38.1 Å². The maximum Gasteiger partial charge on any atom is 0.176 e. The van der Waals surface area contributed by atoms with Crippen molar-refractivity contribution in [1.29, 1.82) is 0 Å². The van der Waals surface area contributed by atoms with Crippen LogP contribution >= 0.6 is 0 Å². The maximum atomic E-state index is 6.26. The van der Waals surface area contributed by atoms with Gasteiger partial charge in [0.2, 0.25) is 0 Å². The molecule has 2 aliphatic rings. The van der Waals surface area contributed by atoms with Gasteiger partial charge in [-0.1, -0.05) is 12.8 Å². The largest absolute Gasteiger partial charge is 0.327 e. The predicted molar refractivity (Wildman–Crippen MR) is 59.4 cm³/mol. The van der Waals surface area contributed by atoms with E-state index in [1.807, 2.05) is 0 Å². The van der Waals surface area contributed by atoms with Gasteiger partial charge in [0.1, 0.15) is 0 Å². The molecule has 0 radical (unpaired) electrons. The smallest absolute Gasteiger partial charge is 0.176 e. The van der Waals surface area contributed by atoms with E-state index >= 15 is 0 Å². The van der Waals surface area contributed by atoms with Crippen LogP contribution in [0.15, 0.2) is 0 Å². The molecule has 1 aromatic rings. The normalized spacial score (nSPS) is 34.5. The predicted octanol–water partition coefficient (Wildman–Crippen LogP) is 0.516. The lowest BCUT2D eigenvalue weighted by Crippen LogP contribution is -2.27. The molecule has 2 saturated carbocycles. The first-order valence-corrected chi connectivity index (χ1v) is 6.24. The Morgan fingerprint density at radius 1 is 1.38 bits per heavy atom. The molecular weight excluding hydrogens is 202 g/mol. The SMILES string of the molecule is Cn1nnc(CC(N)C2C3CCCCC32)n1. The van der Waals surface area contributed by atoms with Crippen LogP contribution in [0.3, 0.4) is 0 Å². The highest BCUT2D eigenvalue weighted by Gasteiger charge is 2.53. The molecule has 3 rings (SSSR count). The summed E-state index contributed by atoms with van der Waals surface area (Å²) in [5.74, 6) is 3.32. The maximum absolute atomic E-state index is 6.26. The summed E-state index contributed by atoms with van der Waals surface area (Å²) in [7, 11) is 1.79. The molecule has 0 spiro atoms. The minimum Gasteiger partial charge on any atom is -0.327 e. The Morgan fingerprint density at radius 3 is 2.62 bits per heavy atom. The third kappa shape index (κ3) is 1.73. The van der Waals surface area contributed by atoms with Crippen LogP contribution in [0, 0.1) is 17.8 Å². The average molecular weight is 221 g/mol. The summed E-state index contributed by atoms with van der Waals surface area (Å²) in [5.41, 5.74) is 6.26. The number of hydrogen-bond donors (Lipinski definition) is 1. The quantitative estimate of drug-likeness (QED) is 0.807. The van der Waals surface area contributed by atoms with Crippen LogP contribution in [0.5, 0.6) is 0 Å². The van der Waals surface area contributed by atoms with Crippen molar-refractivity contribution < 1.29 is 0 Å². The molecule has 2 fully saturated rings. The van der Waals surface area contributed by atoms with Gasteiger partial charge in [-0.3, -0.25) is 0 Å². The lowest BCUT2D eigenvalue weighted by Gasteiger charge is -2.07. The summed E-state index contributed by atoms with van der Waals surface area (Å²) in [6.45, 7) is 0. The highest BCUT2D eigenvalue weighted by molar-refractivity contribution is 5.05. The van der Waals surface area contributed by atoms with E-state index in [1.165, 1.54) is 30.5 Å². The fourth-order valence-electron chi connectivity index (χ4n) is 3.43. The molecule has 16 heavy (non-hydrogen) atoms. The summed E-state index contributed by atoms with van der Waals surface area (Å²) in [6.07, 6.45) is 6.35. The Morgan fingerprint density at radius 2 is 2.06 bits per heavy atom. The molecule has 3 atom stereocenters. The van der Waals surface area contributed by atoms with E-state index in [2.05, 4.69) is 15.4 Å². The Balaban J connectivity index is 1.60. The molecular formula is C11H19N5. The second-order valence-electron chi connectivity index (χ2n) is 5.25. The van der Waals surface area contributed by atoms with Gasteiger partial charge in [-0.05, 0) is 35.8 Å². The van der Waals surface area contributed by atoms with Crippen molar-refractivity contribution in [3.05, 3.63) is 5.82 Å². The van der Waals surface area contributed by atoms with Gasteiger partial charge in [0.15, 0.2) is 5.82 Å². The lowest BCUT2D eigenvalue weighted by atomic mass is 10.0. The van der Waals surface area contributed by atoms with Crippen LogP contribution in [-0.4, -0.2) is 26.2 Å². The van der Waals surface area contributed by atoms with Gasteiger partial charge < -0.3 is 5.73 Å². The number of nitrogens with zero attached hydrogens (tertiary/aromatic N) is 4. The molecule has 1 aromatic heterocycles. The minimum absolute atomic E-state index is 0.234. The number of aromatic nitrogens is 4. The van der Waals surface area contributed by atoms with E-state index in [0.29, 0.717) is 0 Å². The van der Waals surface area contributed by atoms with Crippen molar-refractivity contribution in [2.75, 3.05) is 0 Å². The van der Waals surface area contributed by atoms with E-state index in [9.17, 15) is 0 Å². The summed E-state index contributed by atoms with van der Waals surface area (Å²) < 4.78 is 0. The van der Waals surface area contributed by atoms with E-state index in [-0.39, 0.29) is 6.04 Å². The highest BCUT2D eigenvalue weighted by Crippen LogP contribution is 2.56. The number of tetrazole rings is 1. The van der Waals surface area contributed by atoms with Crippen LogP contribution in [-0.2, 0) is 13.5 Å². The van der Waals surface area contributed by atoms with E-state index in [0.717, 1.165) is 30.0 Å². The first kappa shape index (κ1) is 10.2. The van der Waals surface area contributed by atoms with E-state index < -0.39 is 0 Å². The fraction of sp³-hybridized carbons (Fsp3) is 0.909. The molecule has 0 saturated heterocycles. The molecule has 5 heteroatoms. The van der Waals surface area contributed by atoms with Crippen molar-refractivity contribution in [3.63, 3.8) is 0 Å². The van der Waals surface area contributed by atoms with Crippen molar-refractivity contribution in [1.82, 2.24) is 20.2 Å². The molecule has 5 nitrogen and oxygen atoms in total. The average Bonchev–Trinajstić information content (AvgIpc) is 2.88. The number of rotatable bonds is 3. The lowest BCUT2D eigenvalue weighted by molar-refractivity contribution is 0.480. The number of hydrogen-bond acceptors (Lipinski definition) is 4. The van der Waals surface area contributed by atoms with Crippen LogP contribution in [0.1, 0.15) is 31.5 Å². The Hall–Kier alpha value is -0.970. The van der Waals surface area contributed by atoms with Crippen LogP contribution in [0.2, 0.25) is 0 Å². The topological polar surface area (TPSA) is 69.6 Å². The Labute approximate surface area is 95.4 Å². The van der Waals surface area contributed by atoms with E-state index in [1.54, 1.807) is 7.05 Å². The molecule has 0 aliphatic heterocycles. The summed E-state index contributed by atoms with van der Waals surface area (Å²) in [6, 6.07) is 0.234. The van der Waals surface area contributed by atoms with Gasteiger partial charge in [-0.2, -0.15) is 4.80 Å². The molecule has 0 aromatic carbocycles. The third-order valence-electron chi connectivity index (χ3n) is 4.19. The molecule has 0 amide bonds. The van der Waals surface area contributed by atoms with Crippen molar-refractivity contribution in [2.24, 2.45) is 30.5 Å². The monoisotopic (exact) mass is 221 g/mol. The van der Waals surface area contributed by atoms with Crippen molar-refractivity contribution >= 4 is 0 Å². The zero-order valence-corrected chi connectivity index (χ0v) is 9.71. The van der Waals surface area contributed by atoms with E-state index in [4.69, 9.17) is 5.73 Å². The van der Waals surface area contributed by atoms with Crippen molar-refractivity contribution in [3.8, 4) is 0 Å². The molecule has 1 heterocycles. The standard InChI is InChI=1S/C11H19N5/c1-16-14-10(13-15-16)6-9(12)11-7-4-2-3-5-8(7)11/h7-9,11H,2-6,12H2,1H3. The van der Waals surface area contributed by atoms with Gasteiger partial charge >= 0.3 is 0 Å². The molecule has 2 aliphatic carbocycles. The van der Waals surface area contributed by atoms with Gasteiger partial charge in [0.25, 0.3) is 0 Å². The first-order chi connectivity index (χ1) is 7.75. The molecule has 0 bridgehead atoms. The number of fused-ring (bicyclic) bond motifs is 1. The first-order valence-electron chi connectivity index (χ1n) is 6.24. The third-order valence-corrected chi connectivity index (χ3v) is 4.19. The van der Waals surface area contributed by atoms with Gasteiger partial charge in [0, 0.05) is 12.5 Å². The fourth-order valence-corrected chi connectivity index (χ4v) is 3.43. The Kier molecular flexibility index (Phi) is 2.42. The van der Waals surface area contributed by atoms with Crippen LogP contribution in [0.25, 0.3) is 0 Å². The van der Waals surface area contributed by atoms with Gasteiger partial charge in [-0.15, -0.1) is 10.2 Å². The molecule has 88 valence electrons. The highest BCUT2D eigenvalue weighted by atomic mass is 15.6. The molecule has 2 N–H and O–H groups in total. The number of nitrogens with two attached hydrogens (primary N) is 1. The summed E-state index contributed by atoms with van der Waals surface area (Å²) in [5, 5.41) is 12.0. The number of aryl methyl sites for hydroxylation is 1. The second kappa shape index (κ2) is 3.80. The Bertz CT molecular complexity index is 362. The minimum atomic E-state index is 0.234. The van der Waals surface area contributed by atoms with Gasteiger partial charge in [-0.25, -0.2) is 0 Å². The second-order valence-corrected chi connectivity index (χ2v) is 5.25. The summed E-state index contributed by atoms with van der Waals surface area (Å²) in [4.78, 5) is 1.50. The van der Waals surface area contributed by atoms with Crippen LogP contribution < -0.4 is 5.73 Å². The van der Waals surface area contributed by atoms with Gasteiger partial charge in [0.05, 0.1) is 7.05 Å². The zero-order valence-electron chi connectivity index (χ0n) is 9.71. The summed E-state index contributed by atoms with van der Waals surface area (Å²) >= 11 is 0.